The molecule has 0 radical (unpaired) electrons. The second kappa shape index (κ2) is 7.49. The predicted octanol–water partition coefficient (Wildman–Crippen LogP) is 1.63. The van der Waals surface area contributed by atoms with Crippen molar-refractivity contribution in [3.63, 3.8) is 0 Å². The summed E-state index contributed by atoms with van der Waals surface area (Å²) in [5.41, 5.74) is 0.874. The summed E-state index contributed by atoms with van der Waals surface area (Å²) in [6, 6.07) is 5.91. The third-order valence-corrected chi connectivity index (χ3v) is 5.11. The third-order valence-electron chi connectivity index (χ3n) is 5.11. The number of fused-ring (bicyclic) bond motifs is 1. The summed E-state index contributed by atoms with van der Waals surface area (Å²) in [4.78, 5) is 14.2. The van der Waals surface area contributed by atoms with Gasteiger partial charge in [-0.25, -0.2) is 0 Å². The van der Waals surface area contributed by atoms with Gasteiger partial charge in [0.05, 0.1) is 12.7 Å². The number of carbonyl (C=O) groups excluding carboxylic acids is 1. The van der Waals surface area contributed by atoms with Crippen LogP contribution in [-0.4, -0.2) is 64.4 Å². The second-order valence-electron chi connectivity index (χ2n) is 6.79. The van der Waals surface area contributed by atoms with E-state index >= 15 is 0 Å². The van der Waals surface area contributed by atoms with Crippen LogP contribution in [-0.2, 0) is 14.3 Å². The molecule has 0 bridgehead atoms. The summed E-state index contributed by atoms with van der Waals surface area (Å²) in [5.74, 6) is 1.41. The van der Waals surface area contributed by atoms with Crippen LogP contribution in [0.1, 0.15) is 37.4 Å². The monoisotopic (exact) mass is 344 g/mol. The van der Waals surface area contributed by atoms with Gasteiger partial charge in [-0.2, -0.15) is 0 Å². The van der Waals surface area contributed by atoms with Crippen LogP contribution in [0.15, 0.2) is 24.4 Å². The van der Waals surface area contributed by atoms with Crippen LogP contribution in [0.2, 0.25) is 0 Å². The first-order valence-electron chi connectivity index (χ1n) is 9.08. The van der Waals surface area contributed by atoms with Crippen molar-refractivity contribution in [2.45, 2.75) is 37.7 Å². The normalized spacial score (nSPS) is 21.9. The Labute approximate surface area is 146 Å². The Morgan fingerprint density at radius 3 is 2.92 bits per heavy atom. The lowest BCUT2D eigenvalue weighted by molar-refractivity contribution is -0.138. The van der Waals surface area contributed by atoms with Crippen molar-refractivity contribution in [3.05, 3.63) is 30.2 Å². The fraction of sp³-hybridized carbons (Fsp3) is 0.611. The van der Waals surface area contributed by atoms with Gasteiger partial charge in [0.15, 0.2) is 5.65 Å². The van der Waals surface area contributed by atoms with Gasteiger partial charge in [0.2, 0.25) is 5.91 Å². The van der Waals surface area contributed by atoms with E-state index in [2.05, 4.69) is 10.2 Å². The van der Waals surface area contributed by atoms with E-state index in [1.165, 1.54) is 0 Å². The van der Waals surface area contributed by atoms with Crippen LogP contribution in [0.4, 0.5) is 0 Å². The highest BCUT2D eigenvalue weighted by Crippen LogP contribution is 2.27. The molecule has 0 saturated carbocycles. The number of amides is 1. The number of carbonyl (C=O) groups is 1. The molecule has 2 aromatic rings. The van der Waals surface area contributed by atoms with Crippen LogP contribution < -0.4 is 0 Å². The van der Waals surface area contributed by atoms with Gasteiger partial charge in [-0.15, -0.1) is 10.2 Å². The Balaban J connectivity index is 1.27. The first kappa shape index (κ1) is 16.5. The van der Waals surface area contributed by atoms with Crippen molar-refractivity contribution >= 4 is 11.6 Å². The van der Waals surface area contributed by atoms with E-state index in [0.717, 1.165) is 56.9 Å². The summed E-state index contributed by atoms with van der Waals surface area (Å²) in [6.45, 7) is 2.97. The maximum atomic E-state index is 12.3. The minimum absolute atomic E-state index is 0.0718. The van der Waals surface area contributed by atoms with Gasteiger partial charge < -0.3 is 14.4 Å². The van der Waals surface area contributed by atoms with Crippen molar-refractivity contribution in [1.82, 2.24) is 19.5 Å². The van der Waals surface area contributed by atoms with Gasteiger partial charge in [-0.3, -0.25) is 9.20 Å². The molecule has 1 unspecified atom stereocenters. The van der Waals surface area contributed by atoms with Gasteiger partial charge in [0, 0.05) is 31.8 Å². The molecule has 1 amide bonds. The first-order chi connectivity index (χ1) is 12.3. The second-order valence-corrected chi connectivity index (χ2v) is 6.79. The summed E-state index contributed by atoms with van der Waals surface area (Å²) in [7, 11) is 0. The van der Waals surface area contributed by atoms with Crippen LogP contribution in [0.25, 0.3) is 5.65 Å². The van der Waals surface area contributed by atoms with Gasteiger partial charge >= 0.3 is 0 Å². The molecule has 2 aliphatic rings. The van der Waals surface area contributed by atoms with Gasteiger partial charge in [0.1, 0.15) is 12.4 Å². The topological polar surface area (TPSA) is 69.0 Å². The van der Waals surface area contributed by atoms with E-state index in [1.807, 2.05) is 33.7 Å². The number of likely N-dealkylation sites (tertiary alicyclic amines) is 1. The lowest BCUT2D eigenvalue weighted by Crippen LogP contribution is -2.40. The molecule has 2 aliphatic heterocycles. The molecule has 0 aliphatic carbocycles. The summed E-state index contributed by atoms with van der Waals surface area (Å²) < 4.78 is 13.1. The van der Waals surface area contributed by atoms with E-state index < -0.39 is 0 Å². The third kappa shape index (κ3) is 3.67. The molecule has 25 heavy (non-hydrogen) atoms. The van der Waals surface area contributed by atoms with Crippen molar-refractivity contribution < 1.29 is 14.3 Å². The lowest BCUT2D eigenvalue weighted by Gasteiger charge is -2.31. The van der Waals surface area contributed by atoms with E-state index in [9.17, 15) is 4.79 Å². The molecular weight excluding hydrogens is 320 g/mol. The molecular formula is C18H24N4O3. The molecule has 2 fully saturated rings. The van der Waals surface area contributed by atoms with Crippen LogP contribution in [0.5, 0.6) is 0 Å². The largest absolute Gasteiger partial charge is 0.376 e. The maximum absolute atomic E-state index is 12.3. The summed E-state index contributed by atoms with van der Waals surface area (Å²) in [5, 5.41) is 8.58. The Kier molecular flexibility index (Phi) is 4.94. The molecule has 1 atom stereocenters. The highest BCUT2D eigenvalue weighted by atomic mass is 16.5. The minimum Gasteiger partial charge on any atom is -0.376 e. The molecule has 2 aromatic heterocycles. The Morgan fingerprint density at radius 2 is 2.12 bits per heavy atom. The van der Waals surface area contributed by atoms with Crippen molar-refractivity contribution in [2.75, 3.05) is 32.9 Å². The lowest BCUT2D eigenvalue weighted by atomic mass is 9.96. The van der Waals surface area contributed by atoms with Gasteiger partial charge in [0.25, 0.3) is 0 Å². The van der Waals surface area contributed by atoms with E-state index in [0.29, 0.717) is 12.5 Å². The first-order valence-corrected chi connectivity index (χ1v) is 9.08. The molecule has 4 heterocycles. The molecule has 4 rings (SSSR count). The van der Waals surface area contributed by atoms with E-state index in [-0.39, 0.29) is 18.6 Å². The molecule has 7 nitrogen and oxygen atoms in total. The fourth-order valence-corrected chi connectivity index (χ4v) is 3.67. The van der Waals surface area contributed by atoms with Crippen molar-refractivity contribution in [3.8, 4) is 0 Å². The molecule has 134 valence electrons. The average Bonchev–Trinajstić information content (AvgIpc) is 3.31. The Bertz CT molecular complexity index is 718. The van der Waals surface area contributed by atoms with Crippen molar-refractivity contribution in [1.29, 1.82) is 0 Å². The quantitative estimate of drug-likeness (QED) is 0.825. The minimum atomic E-state index is 0.0718. The molecule has 2 saturated heterocycles. The van der Waals surface area contributed by atoms with Crippen LogP contribution in [0, 0.1) is 0 Å². The van der Waals surface area contributed by atoms with E-state index in [4.69, 9.17) is 9.47 Å². The smallest absolute Gasteiger partial charge is 0.248 e. The Hall–Kier alpha value is -1.99. The maximum Gasteiger partial charge on any atom is 0.248 e. The Morgan fingerprint density at radius 1 is 1.24 bits per heavy atom. The fourth-order valence-electron chi connectivity index (χ4n) is 3.67. The molecule has 0 aromatic carbocycles. The van der Waals surface area contributed by atoms with Crippen LogP contribution >= 0.6 is 0 Å². The van der Waals surface area contributed by atoms with Crippen LogP contribution in [0.3, 0.4) is 0 Å². The number of ether oxygens (including phenoxy) is 2. The number of nitrogens with zero attached hydrogens (tertiary/aromatic N) is 4. The van der Waals surface area contributed by atoms with Crippen molar-refractivity contribution in [2.24, 2.45) is 0 Å². The number of piperidine rings is 1. The van der Waals surface area contributed by atoms with Gasteiger partial charge in [-0.05, 0) is 37.8 Å². The molecule has 0 spiro atoms. The number of hydrogen-bond acceptors (Lipinski definition) is 5. The zero-order valence-corrected chi connectivity index (χ0v) is 14.3. The standard InChI is InChI=1S/C18H24N4O3/c23-17(13-24-12-15-4-3-11-25-15)21-9-6-14(7-10-21)18-20-19-16-5-1-2-8-22(16)18/h1-2,5,8,14-15H,3-4,6-7,9-13H2. The number of aromatic nitrogens is 3. The highest BCUT2D eigenvalue weighted by Gasteiger charge is 2.27. The predicted molar refractivity (Wildman–Crippen MR) is 91.3 cm³/mol. The molecule has 7 heteroatoms. The summed E-state index contributed by atoms with van der Waals surface area (Å²) in [6.07, 6.45) is 6.11. The number of rotatable bonds is 5. The highest BCUT2D eigenvalue weighted by molar-refractivity contribution is 5.77. The number of pyridine rings is 1. The van der Waals surface area contributed by atoms with Gasteiger partial charge in [-0.1, -0.05) is 6.07 Å². The SMILES string of the molecule is O=C(COCC1CCCO1)N1CCC(c2nnc3ccccn23)CC1. The summed E-state index contributed by atoms with van der Waals surface area (Å²) >= 11 is 0. The average molecular weight is 344 g/mol. The van der Waals surface area contributed by atoms with E-state index in [1.54, 1.807) is 0 Å². The zero-order valence-electron chi connectivity index (χ0n) is 14.3. The zero-order chi connectivity index (χ0) is 17.1. The molecule has 0 N–H and O–H groups in total. The number of hydrogen-bond donors (Lipinski definition) is 0.